The molecule has 1 saturated carbocycles. The number of aromatic nitrogens is 2. The van der Waals surface area contributed by atoms with Crippen LogP contribution in [0.25, 0.3) is 0 Å². The lowest BCUT2D eigenvalue weighted by Gasteiger charge is -2.20. The van der Waals surface area contributed by atoms with Gasteiger partial charge in [0.1, 0.15) is 5.82 Å². The lowest BCUT2D eigenvalue weighted by Crippen LogP contribution is -2.04. The molecule has 130 valence electrons. The highest BCUT2D eigenvalue weighted by molar-refractivity contribution is 8.67. The van der Waals surface area contributed by atoms with Crippen molar-refractivity contribution in [2.45, 2.75) is 52.6 Å². The van der Waals surface area contributed by atoms with Gasteiger partial charge in [-0.15, -0.1) is 0 Å². The molecule has 0 unspecified atom stereocenters. The van der Waals surface area contributed by atoms with Gasteiger partial charge in [0, 0.05) is 17.7 Å². The molecule has 5 nitrogen and oxygen atoms in total. The predicted molar refractivity (Wildman–Crippen MR) is 98.6 cm³/mol. The number of rotatable bonds is 11. The van der Waals surface area contributed by atoms with Gasteiger partial charge in [-0.2, -0.15) is 4.98 Å². The van der Waals surface area contributed by atoms with E-state index in [4.69, 9.17) is 25.6 Å². The SMILES string of the molecule is CCCS[P@@](=S)(OCC)OCc1cc(OCC)nc(C2CC2)n1. The molecule has 0 spiro atoms. The van der Waals surface area contributed by atoms with Crippen LogP contribution in [0.1, 0.15) is 57.5 Å². The van der Waals surface area contributed by atoms with E-state index in [9.17, 15) is 0 Å². The lowest BCUT2D eigenvalue weighted by atomic mass is 10.3. The van der Waals surface area contributed by atoms with E-state index < -0.39 is 5.69 Å². The third-order valence-corrected chi connectivity index (χ3v) is 8.76. The van der Waals surface area contributed by atoms with Gasteiger partial charge in [0.05, 0.1) is 25.5 Å². The summed E-state index contributed by atoms with van der Waals surface area (Å²) in [6.45, 7) is 7.51. The Morgan fingerprint density at radius 3 is 2.61 bits per heavy atom. The van der Waals surface area contributed by atoms with Crippen LogP contribution >= 0.6 is 17.1 Å². The zero-order chi connectivity index (χ0) is 16.7. The molecule has 8 heteroatoms. The minimum absolute atomic E-state index is 0.344. The lowest BCUT2D eigenvalue weighted by molar-refractivity contribution is 0.257. The van der Waals surface area contributed by atoms with E-state index in [2.05, 4.69) is 16.9 Å². The first-order chi connectivity index (χ1) is 11.1. The van der Waals surface area contributed by atoms with Crippen molar-refractivity contribution in [2.24, 2.45) is 0 Å². The molecule has 1 aromatic heterocycles. The van der Waals surface area contributed by atoms with E-state index in [0.717, 1.165) is 36.5 Å². The van der Waals surface area contributed by atoms with Crippen molar-refractivity contribution in [3.05, 3.63) is 17.6 Å². The molecule has 23 heavy (non-hydrogen) atoms. The van der Waals surface area contributed by atoms with Gasteiger partial charge in [-0.1, -0.05) is 18.3 Å². The standard InChI is InChI=1S/C15H25N2O3PS2/c1-4-9-23-21(22,19-6-3)20-11-13-10-14(18-5-2)17-15(16-13)12-7-8-12/h10,12H,4-9,11H2,1-3H3/t21-/m0/s1. The minimum atomic E-state index is -2.31. The normalized spacial score (nSPS) is 17.0. The summed E-state index contributed by atoms with van der Waals surface area (Å²) >= 11 is 7.21. The van der Waals surface area contributed by atoms with Gasteiger partial charge in [0.2, 0.25) is 11.6 Å². The molecular weight excluding hydrogens is 351 g/mol. The van der Waals surface area contributed by atoms with E-state index in [1.165, 1.54) is 0 Å². The highest BCUT2D eigenvalue weighted by atomic mass is 32.9. The van der Waals surface area contributed by atoms with E-state index in [1.807, 2.05) is 19.9 Å². The number of hydrogen-bond acceptors (Lipinski definition) is 7. The minimum Gasteiger partial charge on any atom is -0.478 e. The molecule has 0 amide bonds. The Hall–Kier alpha value is -0.200. The van der Waals surface area contributed by atoms with Gasteiger partial charge >= 0.3 is 0 Å². The summed E-state index contributed by atoms with van der Waals surface area (Å²) in [6.07, 6.45) is 3.35. The maximum atomic E-state index is 5.97. The average Bonchev–Trinajstić information content (AvgIpc) is 3.37. The molecule has 1 heterocycles. The predicted octanol–water partition coefficient (Wildman–Crippen LogP) is 4.67. The fraction of sp³-hybridized carbons (Fsp3) is 0.733. The van der Waals surface area contributed by atoms with E-state index in [1.54, 1.807) is 11.4 Å². The molecule has 1 aromatic rings. The Labute approximate surface area is 147 Å². The van der Waals surface area contributed by atoms with Crippen molar-refractivity contribution in [1.29, 1.82) is 0 Å². The largest absolute Gasteiger partial charge is 0.478 e. The summed E-state index contributed by atoms with van der Waals surface area (Å²) in [5, 5.41) is 0. The second-order valence-electron chi connectivity index (χ2n) is 5.23. The molecule has 2 rings (SSSR count). The van der Waals surface area contributed by atoms with Crippen LogP contribution in [0, 0.1) is 0 Å². The monoisotopic (exact) mass is 376 g/mol. The third-order valence-electron chi connectivity index (χ3n) is 3.12. The molecule has 0 aliphatic heterocycles. The number of ether oxygens (including phenoxy) is 1. The van der Waals surface area contributed by atoms with Crippen LogP contribution < -0.4 is 4.74 Å². The first kappa shape index (κ1) is 19.1. The van der Waals surface area contributed by atoms with Crippen molar-refractivity contribution in [1.82, 2.24) is 9.97 Å². The van der Waals surface area contributed by atoms with Crippen LogP contribution in [-0.4, -0.2) is 28.9 Å². The first-order valence-electron chi connectivity index (χ1n) is 8.14. The summed E-state index contributed by atoms with van der Waals surface area (Å²) in [7, 11) is 0. The van der Waals surface area contributed by atoms with E-state index in [-0.39, 0.29) is 0 Å². The van der Waals surface area contributed by atoms with Crippen molar-refractivity contribution in [3.63, 3.8) is 0 Å². The summed E-state index contributed by atoms with van der Waals surface area (Å²) in [5.74, 6) is 2.89. The highest BCUT2D eigenvalue weighted by Gasteiger charge is 2.28. The Kier molecular flexibility index (Phi) is 7.76. The summed E-state index contributed by atoms with van der Waals surface area (Å²) in [5.41, 5.74) is -1.49. The van der Waals surface area contributed by atoms with Crippen LogP contribution in [0.5, 0.6) is 5.88 Å². The second kappa shape index (κ2) is 9.33. The van der Waals surface area contributed by atoms with E-state index in [0.29, 0.717) is 31.6 Å². The molecule has 0 radical (unpaired) electrons. The fourth-order valence-electron chi connectivity index (χ4n) is 1.93. The van der Waals surface area contributed by atoms with Gasteiger partial charge in [-0.3, -0.25) is 0 Å². The molecule has 1 aliphatic rings. The van der Waals surface area contributed by atoms with Crippen molar-refractivity contribution >= 4 is 28.9 Å². The molecule has 1 fully saturated rings. The molecule has 0 bridgehead atoms. The fourth-order valence-corrected chi connectivity index (χ4v) is 6.45. The van der Waals surface area contributed by atoms with Crippen LogP contribution in [0.15, 0.2) is 6.07 Å². The molecule has 1 atom stereocenters. The topological polar surface area (TPSA) is 53.5 Å². The van der Waals surface area contributed by atoms with Gasteiger partial charge in [-0.05, 0) is 44.9 Å². The van der Waals surface area contributed by atoms with Crippen LogP contribution in [-0.2, 0) is 27.5 Å². The Morgan fingerprint density at radius 1 is 1.22 bits per heavy atom. The highest BCUT2D eigenvalue weighted by Crippen LogP contribution is 2.61. The first-order valence-corrected chi connectivity index (χ1v) is 12.4. The summed E-state index contributed by atoms with van der Waals surface area (Å²) in [6, 6.07) is 1.84. The van der Waals surface area contributed by atoms with Crippen molar-refractivity contribution in [2.75, 3.05) is 19.0 Å². The van der Waals surface area contributed by atoms with Crippen molar-refractivity contribution in [3.8, 4) is 5.88 Å². The molecular formula is C15H25N2O3PS2. The quantitative estimate of drug-likeness (QED) is 0.520. The maximum Gasteiger partial charge on any atom is 0.247 e. The van der Waals surface area contributed by atoms with Crippen LogP contribution in [0.2, 0.25) is 0 Å². The molecule has 1 aliphatic carbocycles. The summed E-state index contributed by atoms with van der Waals surface area (Å²) < 4.78 is 17.2. The van der Waals surface area contributed by atoms with Gasteiger partial charge in [0.15, 0.2) is 0 Å². The van der Waals surface area contributed by atoms with Gasteiger partial charge < -0.3 is 13.8 Å². The molecule has 0 N–H and O–H groups in total. The maximum absolute atomic E-state index is 5.97. The smallest absolute Gasteiger partial charge is 0.247 e. The number of nitrogens with zero attached hydrogens (tertiary/aromatic N) is 2. The molecule has 0 saturated heterocycles. The Bertz CT molecular complexity index is 556. The second-order valence-corrected chi connectivity index (χ2v) is 11.7. The zero-order valence-electron chi connectivity index (χ0n) is 14.0. The average molecular weight is 376 g/mol. The van der Waals surface area contributed by atoms with Crippen LogP contribution in [0.4, 0.5) is 0 Å². The molecule has 0 aromatic carbocycles. The van der Waals surface area contributed by atoms with E-state index >= 15 is 0 Å². The van der Waals surface area contributed by atoms with Crippen molar-refractivity contribution < 1.29 is 13.8 Å². The zero-order valence-corrected chi connectivity index (χ0v) is 16.5. The summed E-state index contributed by atoms with van der Waals surface area (Å²) in [4.78, 5) is 9.08. The Morgan fingerprint density at radius 2 is 2.00 bits per heavy atom. The van der Waals surface area contributed by atoms with Gasteiger partial charge in [0.25, 0.3) is 0 Å². The third kappa shape index (κ3) is 6.31. The number of hydrogen-bond donors (Lipinski definition) is 0. The van der Waals surface area contributed by atoms with Crippen LogP contribution in [0.3, 0.4) is 0 Å². The van der Waals surface area contributed by atoms with Gasteiger partial charge in [-0.25, -0.2) is 4.98 Å². The Balaban J connectivity index is 2.06.